The Morgan fingerprint density at radius 2 is 1.79 bits per heavy atom. The molecule has 0 saturated heterocycles. The zero-order chi connectivity index (χ0) is 13.8. The van der Waals surface area contributed by atoms with Crippen molar-refractivity contribution in [3.63, 3.8) is 0 Å². The topological polar surface area (TPSA) is 17.1 Å². The number of Topliss-reactive ketones (excluding diaryl/α,β-unsaturated/α-hetero) is 1. The van der Waals surface area contributed by atoms with Crippen LogP contribution in [0.3, 0.4) is 0 Å². The van der Waals surface area contributed by atoms with Gasteiger partial charge in [0.15, 0.2) is 5.78 Å². The Labute approximate surface area is 119 Å². The molecule has 2 heteroatoms. The van der Waals surface area contributed by atoms with Crippen molar-refractivity contribution in [2.24, 2.45) is 5.92 Å². The summed E-state index contributed by atoms with van der Waals surface area (Å²) in [5.74, 6) is 0.303. The van der Waals surface area contributed by atoms with E-state index in [0.29, 0.717) is 0 Å². The van der Waals surface area contributed by atoms with Gasteiger partial charge in [0.25, 0.3) is 0 Å². The average molecular weight is 272 g/mol. The van der Waals surface area contributed by atoms with E-state index in [-0.39, 0.29) is 11.7 Å². The third-order valence-corrected chi connectivity index (χ3v) is 4.30. The van der Waals surface area contributed by atoms with E-state index in [4.69, 9.17) is 0 Å². The molecule has 2 aromatic rings. The van der Waals surface area contributed by atoms with Gasteiger partial charge in [-0.05, 0) is 29.7 Å². The number of aryl methyl sites for hydroxylation is 1. The number of hydrogen-bond donors (Lipinski definition) is 0. The summed E-state index contributed by atoms with van der Waals surface area (Å²) in [6.45, 7) is 6.08. The van der Waals surface area contributed by atoms with Gasteiger partial charge in [-0.1, -0.05) is 51.5 Å². The minimum absolute atomic E-state index is 0.0680. The monoisotopic (exact) mass is 272 g/mol. The smallest absolute Gasteiger partial charge is 0.175 e. The van der Waals surface area contributed by atoms with Gasteiger partial charge in [-0.3, -0.25) is 4.79 Å². The first kappa shape index (κ1) is 14.0. The summed E-state index contributed by atoms with van der Waals surface area (Å²) in [7, 11) is 0. The predicted octanol–water partition coefficient (Wildman–Crippen LogP) is 5.21. The molecular weight excluding hydrogens is 252 g/mol. The maximum atomic E-state index is 11.9. The van der Waals surface area contributed by atoms with Crippen LogP contribution in [-0.4, -0.2) is 5.78 Å². The van der Waals surface area contributed by atoms with Gasteiger partial charge in [0.2, 0.25) is 0 Å². The normalized spacial score (nSPS) is 10.9. The van der Waals surface area contributed by atoms with Crippen molar-refractivity contribution in [1.29, 1.82) is 0 Å². The van der Waals surface area contributed by atoms with Crippen LogP contribution >= 0.6 is 11.3 Å². The van der Waals surface area contributed by atoms with E-state index in [1.54, 1.807) is 11.3 Å². The lowest BCUT2D eigenvalue weighted by Gasteiger charge is -2.02. The van der Waals surface area contributed by atoms with Crippen molar-refractivity contribution in [2.75, 3.05) is 0 Å². The Kier molecular flexibility index (Phi) is 4.54. The molecule has 0 N–H and O–H groups in total. The number of rotatable bonds is 5. The molecule has 0 aliphatic carbocycles. The summed E-state index contributed by atoms with van der Waals surface area (Å²) in [6, 6.07) is 12.7. The molecule has 0 unspecified atom stereocenters. The Bertz CT molecular complexity index is 549. The fourth-order valence-electron chi connectivity index (χ4n) is 2.03. The molecule has 0 radical (unpaired) electrons. The second-order valence-corrected chi connectivity index (χ2v) is 6.21. The first-order valence-corrected chi connectivity index (χ1v) is 7.66. The number of hydrogen-bond acceptors (Lipinski definition) is 2. The van der Waals surface area contributed by atoms with Crippen LogP contribution in [0.2, 0.25) is 0 Å². The van der Waals surface area contributed by atoms with Crippen LogP contribution in [0.15, 0.2) is 36.4 Å². The lowest BCUT2D eigenvalue weighted by molar-refractivity contribution is 0.0943. The van der Waals surface area contributed by atoms with E-state index in [2.05, 4.69) is 37.3 Å². The largest absolute Gasteiger partial charge is 0.293 e. The van der Waals surface area contributed by atoms with E-state index in [9.17, 15) is 4.79 Å². The third-order valence-electron chi connectivity index (χ3n) is 3.15. The second kappa shape index (κ2) is 6.16. The number of thiophene rings is 1. The van der Waals surface area contributed by atoms with E-state index in [0.717, 1.165) is 11.3 Å². The Morgan fingerprint density at radius 1 is 1.11 bits per heavy atom. The van der Waals surface area contributed by atoms with Crippen molar-refractivity contribution in [2.45, 2.75) is 33.6 Å². The van der Waals surface area contributed by atoms with Gasteiger partial charge >= 0.3 is 0 Å². The molecule has 2 rings (SSSR count). The number of ketones is 1. The van der Waals surface area contributed by atoms with Crippen LogP contribution in [0.25, 0.3) is 10.4 Å². The van der Waals surface area contributed by atoms with E-state index < -0.39 is 0 Å². The molecule has 100 valence electrons. The minimum Gasteiger partial charge on any atom is -0.293 e. The molecule has 0 saturated carbocycles. The molecular formula is C17H20OS. The summed E-state index contributed by atoms with van der Waals surface area (Å²) >= 11 is 1.59. The second-order valence-electron chi connectivity index (χ2n) is 5.13. The maximum absolute atomic E-state index is 11.9. The van der Waals surface area contributed by atoms with Crippen molar-refractivity contribution < 1.29 is 4.79 Å². The van der Waals surface area contributed by atoms with Crippen LogP contribution in [0.4, 0.5) is 0 Å². The van der Waals surface area contributed by atoms with E-state index >= 15 is 0 Å². The summed E-state index contributed by atoms with van der Waals surface area (Å²) in [5, 5.41) is 0. The van der Waals surface area contributed by atoms with Crippen LogP contribution in [0.1, 0.15) is 42.4 Å². The first-order valence-electron chi connectivity index (χ1n) is 6.85. The van der Waals surface area contributed by atoms with Crippen molar-refractivity contribution in [3.8, 4) is 10.4 Å². The van der Waals surface area contributed by atoms with Crippen LogP contribution in [0.5, 0.6) is 0 Å². The lowest BCUT2D eigenvalue weighted by atomic mass is 10.1. The first-order chi connectivity index (χ1) is 9.11. The van der Waals surface area contributed by atoms with Crippen molar-refractivity contribution in [1.82, 2.24) is 0 Å². The molecule has 0 aliphatic rings. The highest BCUT2D eigenvalue weighted by molar-refractivity contribution is 7.17. The van der Waals surface area contributed by atoms with Gasteiger partial charge < -0.3 is 0 Å². The SMILES string of the molecule is CCCc1ccc(-c2ccc(C(=O)C(C)C)s2)cc1. The highest BCUT2D eigenvalue weighted by Gasteiger charge is 2.13. The highest BCUT2D eigenvalue weighted by atomic mass is 32.1. The van der Waals surface area contributed by atoms with Crippen LogP contribution in [0, 0.1) is 5.92 Å². The molecule has 0 aliphatic heterocycles. The molecule has 19 heavy (non-hydrogen) atoms. The van der Waals surface area contributed by atoms with Crippen molar-refractivity contribution >= 4 is 17.1 Å². The number of carbonyl (C=O) groups excluding carboxylic acids is 1. The highest BCUT2D eigenvalue weighted by Crippen LogP contribution is 2.29. The molecule has 0 amide bonds. The standard InChI is InChI=1S/C17H20OS/c1-4-5-13-6-8-14(9-7-13)15-10-11-16(19-15)17(18)12(2)3/h6-12H,4-5H2,1-3H3. The number of benzene rings is 1. The Balaban J connectivity index is 2.20. The van der Waals surface area contributed by atoms with Gasteiger partial charge in [0.05, 0.1) is 4.88 Å². The van der Waals surface area contributed by atoms with Gasteiger partial charge in [-0.15, -0.1) is 11.3 Å². The van der Waals surface area contributed by atoms with Gasteiger partial charge in [-0.2, -0.15) is 0 Å². The van der Waals surface area contributed by atoms with Crippen LogP contribution in [-0.2, 0) is 6.42 Å². The third kappa shape index (κ3) is 3.32. The minimum atomic E-state index is 0.0680. The maximum Gasteiger partial charge on any atom is 0.175 e. The Hall–Kier alpha value is -1.41. The molecule has 1 nitrogen and oxygen atoms in total. The van der Waals surface area contributed by atoms with Gasteiger partial charge in [0.1, 0.15) is 0 Å². The predicted molar refractivity (Wildman–Crippen MR) is 82.9 cm³/mol. The van der Waals surface area contributed by atoms with Crippen LogP contribution < -0.4 is 0 Å². The fourth-order valence-corrected chi connectivity index (χ4v) is 3.13. The quantitative estimate of drug-likeness (QED) is 0.683. The summed E-state index contributed by atoms with van der Waals surface area (Å²) < 4.78 is 0. The molecule has 1 heterocycles. The van der Waals surface area contributed by atoms with Gasteiger partial charge in [0, 0.05) is 10.8 Å². The molecule has 0 atom stereocenters. The van der Waals surface area contributed by atoms with Gasteiger partial charge in [-0.25, -0.2) is 0 Å². The van der Waals surface area contributed by atoms with Crippen molar-refractivity contribution in [3.05, 3.63) is 46.8 Å². The Morgan fingerprint density at radius 3 is 2.37 bits per heavy atom. The molecule has 0 bridgehead atoms. The number of carbonyl (C=O) groups is 1. The zero-order valence-electron chi connectivity index (χ0n) is 11.8. The molecule has 0 fully saturated rings. The average Bonchev–Trinajstić information content (AvgIpc) is 2.88. The fraction of sp³-hybridized carbons (Fsp3) is 0.353. The lowest BCUT2D eigenvalue weighted by Crippen LogP contribution is -2.04. The summed E-state index contributed by atoms with van der Waals surface area (Å²) in [6.07, 6.45) is 2.30. The molecule has 1 aromatic carbocycles. The molecule has 1 aromatic heterocycles. The van der Waals surface area contributed by atoms with E-state index in [1.165, 1.54) is 22.4 Å². The zero-order valence-corrected chi connectivity index (χ0v) is 12.6. The van der Waals surface area contributed by atoms with E-state index in [1.807, 2.05) is 19.9 Å². The molecule has 0 spiro atoms. The summed E-state index contributed by atoms with van der Waals surface area (Å²) in [4.78, 5) is 14.0. The summed E-state index contributed by atoms with van der Waals surface area (Å²) in [5.41, 5.74) is 2.58.